The Kier molecular flexibility index (Phi) is 7.07. The van der Waals surface area contributed by atoms with Gasteiger partial charge in [-0.15, -0.1) is 0 Å². The zero-order chi connectivity index (χ0) is 22.8. The Morgan fingerprint density at radius 2 is 1.48 bits per heavy atom. The smallest absolute Gasteiger partial charge is 0.253 e. The van der Waals surface area contributed by atoms with Gasteiger partial charge in [0.15, 0.2) is 0 Å². The van der Waals surface area contributed by atoms with Gasteiger partial charge in [-0.25, -0.2) is 0 Å². The summed E-state index contributed by atoms with van der Waals surface area (Å²) in [5, 5.41) is 0.632. The molecule has 0 spiro atoms. The van der Waals surface area contributed by atoms with E-state index in [1.165, 1.54) is 5.56 Å². The zero-order valence-electron chi connectivity index (χ0n) is 18.8. The number of halogens is 1. The highest BCUT2D eigenvalue weighted by Crippen LogP contribution is 2.36. The average Bonchev–Trinajstić information content (AvgIpc) is 2.78. The lowest BCUT2D eigenvalue weighted by Gasteiger charge is -2.36. The van der Waals surface area contributed by atoms with Crippen molar-refractivity contribution in [2.45, 2.75) is 50.1 Å². The fourth-order valence-electron chi connectivity index (χ4n) is 4.46. The van der Waals surface area contributed by atoms with Gasteiger partial charge in [0, 0.05) is 23.7 Å². The number of rotatable bonds is 6. The highest BCUT2D eigenvalue weighted by atomic mass is 35.5. The van der Waals surface area contributed by atoms with Crippen molar-refractivity contribution >= 4 is 23.4 Å². The van der Waals surface area contributed by atoms with Crippen LogP contribution in [0.4, 0.5) is 0 Å². The van der Waals surface area contributed by atoms with Gasteiger partial charge in [0.05, 0.1) is 0 Å². The van der Waals surface area contributed by atoms with Gasteiger partial charge < -0.3 is 10.6 Å². The molecule has 0 bridgehead atoms. The van der Waals surface area contributed by atoms with E-state index in [1.807, 2.05) is 50.0 Å². The first kappa shape index (κ1) is 23.3. The van der Waals surface area contributed by atoms with E-state index in [4.69, 9.17) is 17.3 Å². The number of carbonyl (C=O) groups excluding carboxylic acids is 2. The Labute approximate surface area is 190 Å². The second kappa shape index (κ2) is 9.41. The summed E-state index contributed by atoms with van der Waals surface area (Å²) in [6.45, 7) is 1.85. The summed E-state index contributed by atoms with van der Waals surface area (Å²) < 4.78 is 0. The Morgan fingerprint density at radius 1 is 0.935 bits per heavy atom. The van der Waals surface area contributed by atoms with Crippen LogP contribution in [-0.4, -0.2) is 48.8 Å². The standard InChI is InChI=1S/C25H32ClN3O2/c1-25(24(27)31,28(2)3)20-11-5-17(6-12-20)18-9-15-22(16-10-18)29(4)23(30)19-7-13-21(26)14-8-19/h5-8,11-14,18,22H,9-10,15-16H2,1-4H3,(H2,27,31)/t18-,22-,25?. The molecule has 1 unspecified atom stereocenters. The molecule has 1 fully saturated rings. The summed E-state index contributed by atoms with van der Waals surface area (Å²) >= 11 is 5.93. The Bertz CT molecular complexity index is 919. The van der Waals surface area contributed by atoms with Crippen molar-refractivity contribution in [1.82, 2.24) is 9.80 Å². The molecule has 3 rings (SSSR count). The number of hydrogen-bond donors (Lipinski definition) is 1. The molecule has 0 aliphatic heterocycles. The number of hydrogen-bond acceptors (Lipinski definition) is 3. The molecule has 1 aliphatic rings. The zero-order valence-corrected chi connectivity index (χ0v) is 19.5. The van der Waals surface area contributed by atoms with Crippen molar-refractivity contribution in [1.29, 1.82) is 0 Å². The van der Waals surface area contributed by atoms with Gasteiger partial charge in [-0.1, -0.05) is 35.9 Å². The van der Waals surface area contributed by atoms with Gasteiger partial charge in [-0.3, -0.25) is 14.5 Å². The van der Waals surface area contributed by atoms with Crippen LogP contribution in [0.25, 0.3) is 0 Å². The van der Waals surface area contributed by atoms with E-state index in [1.54, 1.807) is 24.3 Å². The van der Waals surface area contributed by atoms with Gasteiger partial charge in [-0.05, 0) is 88.0 Å². The molecule has 1 atom stereocenters. The van der Waals surface area contributed by atoms with E-state index in [-0.39, 0.29) is 17.9 Å². The number of nitrogens with zero attached hydrogens (tertiary/aromatic N) is 2. The third-order valence-electron chi connectivity index (χ3n) is 6.97. The first-order chi connectivity index (χ1) is 14.6. The minimum atomic E-state index is -0.832. The molecule has 1 aliphatic carbocycles. The van der Waals surface area contributed by atoms with E-state index in [0.717, 1.165) is 31.2 Å². The summed E-state index contributed by atoms with van der Waals surface area (Å²) in [4.78, 5) is 28.6. The second-order valence-electron chi connectivity index (χ2n) is 8.88. The Morgan fingerprint density at radius 3 is 1.97 bits per heavy atom. The van der Waals surface area contributed by atoms with Crippen molar-refractivity contribution in [2.75, 3.05) is 21.1 Å². The van der Waals surface area contributed by atoms with Crippen molar-refractivity contribution < 1.29 is 9.59 Å². The highest BCUT2D eigenvalue weighted by Gasteiger charge is 2.36. The van der Waals surface area contributed by atoms with Crippen LogP contribution < -0.4 is 5.73 Å². The molecule has 6 heteroatoms. The van der Waals surface area contributed by atoms with E-state index >= 15 is 0 Å². The minimum absolute atomic E-state index is 0.0406. The van der Waals surface area contributed by atoms with Crippen LogP contribution in [0.3, 0.4) is 0 Å². The van der Waals surface area contributed by atoms with Gasteiger partial charge >= 0.3 is 0 Å². The second-order valence-corrected chi connectivity index (χ2v) is 9.32. The van der Waals surface area contributed by atoms with Crippen molar-refractivity contribution in [2.24, 2.45) is 5.73 Å². The molecule has 1 saturated carbocycles. The van der Waals surface area contributed by atoms with Crippen LogP contribution in [0, 0.1) is 0 Å². The predicted molar refractivity (Wildman–Crippen MR) is 125 cm³/mol. The van der Waals surface area contributed by atoms with Crippen LogP contribution in [0.5, 0.6) is 0 Å². The number of primary amides is 1. The van der Waals surface area contributed by atoms with E-state index in [2.05, 4.69) is 12.1 Å². The molecule has 0 heterocycles. The van der Waals surface area contributed by atoms with Crippen LogP contribution >= 0.6 is 11.6 Å². The molecule has 31 heavy (non-hydrogen) atoms. The first-order valence-corrected chi connectivity index (χ1v) is 11.1. The summed E-state index contributed by atoms with van der Waals surface area (Å²) in [6, 6.07) is 15.6. The number of nitrogens with two attached hydrogens (primary N) is 1. The molecule has 0 aromatic heterocycles. The predicted octanol–water partition coefficient (Wildman–Crippen LogP) is 4.40. The minimum Gasteiger partial charge on any atom is -0.368 e. The van der Waals surface area contributed by atoms with Gasteiger partial charge in [0.25, 0.3) is 5.91 Å². The van der Waals surface area contributed by atoms with Crippen LogP contribution in [0.1, 0.15) is 60.0 Å². The van der Waals surface area contributed by atoms with E-state index in [0.29, 0.717) is 16.5 Å². The normalized spacial score (nSPS) is 20.8. The lowest BCUT2D eigenvalue weighted by Crippen LogP contribution is -2.49. The molecule has 2 N–H and O–H groups in total. The topological polar surface area (TPSA) is 66.6 Å². The fraction of sp³-hybridized carbons (Fsp3) is 0.440. The lowest BCUT2D eigenvalue weighted by atomic mass is 9.80. The first-order valence-electron chi connectivity index (χ1n) is 10.7. The molecule has 0 radical (unpaired) electrons. The number of amides is 2. The quantitative estimate of drug-likeness (QED) is 0.722. The SMILES string of the molecule is CN(C)C(C)(C(N)=O)c1ccc([C@H]2CC[C@H](N(C)C(=O)c3ccc(Cl)cc3)CC2)cc1. The maximum atomic E-state index is 12.8. The molecule has 5 nitrogen and oxygen atoms in total. The molecule has 2 aromatic rings. The van der Waals surface area contributed by atoms with Crippen LogP contribution in [-0.2, 0) is 10.3 Å². The largest absolute Gasteiger partial charge is 0.368 e. The fourth-order valence-corrected chi connectivity index (χ4v) is 4.59. The third kappa shape index (κ3) is 4.78. The maximum Gasteiger partial charge on any atom is 0.253 e. The van der Waals surface area contributed by atoms with Crippen LogP contribution in [0.2, 0.25) is 5.02 Å². The number of carbonyl (C=O) groups is 2. The summed E-state index contributed by atoms with van der Waals surface area (Å²) in [5.74, 6) is 0.140. The Balaban J connectivity index is 1.63. The molecule has 166 valence electrons. The molecular formula is C25H32ClN3O2. The van der Waals surface area contributed by atoms with Crippen molar-refractivity contribution in [3.05, 3.63) is 70.2 Å². The number of likely N-dealkylation sites (N-methyl/N-ethyl adjacent to an activating group) is 1. The summed E-state index contributed by atoms with van der Waals surface area (Å²) in [6.07, 6.45) is 4.00. The van der Waals surface area contributed by atoms with Gasteiger partial charge in [-0.2, -0.15) is 0 Å². The third-order valence-corrected chi connectivity index (χ3v) is 7.23. The van der Waals surface area contributed by atoms with Crippen molar-refractivity contribution in [3.8, 4) is 0 Å². The number of benzene rings is 2. The van der Waals surface area contributed by atoms with Gasteiger partial charge in [0.1, 0.15) is 5.54 Å². The molecule has 2 amide bonds. The highest BCUT2D eigenvalue weighted by molar-refractivity contribution is 6.30. The van der Waals surface area contributed by atoms with Gasteiger partial charge in [0.2, 0.25) is 5.91 Å². The van der Waals surface area contributed by atoms with Crippen LogP contribution in [0.15, 0.2) is 48.5 Å². The monoisotopic (exact) mass is 441 g/mol. The van der Waals surface area contributed by atoms with Crippen molar-refractivity contribution in [3.63, 3.8) is 0 Å². The summed E-state index contributed by atoms with van der Waals surface area (Å²) in [7, 11) is 5.62. The lowest BCUT2D eigenvalue weighted by molar-refractivity contribution is -0.128. The molecular weight excluding hydrogens is 410 g/mol. The summed E-state index contributed by atoms with van der Waals surface area (Å²) in [5.41, 5.74) is 7.70. The maximum absolute atomic E-state index is 12.8. The molecule has 0 saturated heterocycles. The average molecular weight is 442 g/mol. The molecule has 2 aromatic carbocycles. The Hall–Kier alpha value is -2.37. The van der Waals surface area contributed by atoms with E-state index in [9.17, 15) is 9.59 Å². The van der Waals surface area contributed by atoms with E-state index < -0.39 is 5.54 Å².